The Labute approximate surface area is 157 Å². The molecule has 1 aromatic heterocycles. The SMILES string of the molecule is CC#Cc1ccc2sc3ccc(C4(C)CN(C)[C@H](O)C(=N)N4)cc3c2c1. The molecule has 4 rings (SSSR count). The molecular weight excluding hydrogens is 342 g/mol. The van der Waals surface area contributed by atoms with E-state index in [1.807, 2.05) is 14.0 Å². The summed E-state index contributed by atoms with van der Waals surface area (Å²) in [5.74, 6) is 6.23. The highest BCUT2D eigenvalue weighted by molar-refractivity contribution is 7.25. The number of piperazine rings is 1. The topological polar surface area (TPSA) is 59.4 Å². The number of thiophene rings is 1. The summed E-state index contributed by atoms with van der Waals surface area (Å²) >= 11 is 1.78. The first-order valence-electron chi connectivity index (χ1n) is 8.56. The number of hydrogen-bond acceptors (Lipinski definition) is 4. The van der Waals surface area contributed by atoms with Gasteiger partial charge >= 0.3 is 0 Å². The van der Waals surface area contributed by atoms with Gasteiger partial charge in [-0.3, -0.25) is 10.3 Å². The zero-order valence-electron chi connectivity index (χ0n) is 15.1. The average molecular weight is 363 g/mol. The summed E-state index contributed by atoms with van der Waals surface area (Å²) < 4.78 is 2.49. The Morgan fingerprint density at radius 1 is 1.23 bits per heavy atom. The van der Waals surface area contributed by atoms with Crippen LogP contribution in [0.3, 0.4) is 0 Å². The molecule has 3 N–H and O–H groups in total. The lowest BCUT2D eigenvalue weighted by molar-refractivity contribution is 0.0346. The number of likely N-dealkylation sites (N-methyl/N-ethyl adjacent to an activating group) is 1. The van der Waals surface area contributed by atoms with Gasteiger partial charge in [0.05, 0.1) is 5.54 Å². The van der Waals surface area contributed by atoms with Crippen molar-refractivity contribution in [1.29, 1.82) is 5.41 Å². The van der Waals surface area contributed by atoms with Crippen LogP contribution in [0.4, 0.5) is 0 Å². The van der Waals surface area contributed by atoms with Gasteiger partial charge in [0, 0.05) is 32.3 Å². The summed E-state index contributed by atoms with van der Waals surface area (Å²) in [4.78, 5) is 1.80. The molecule has 0 bridgehead atoms. The summed E-state index contributed by atoms with van der Waals surface area (Å²) in [5.41, 5.74) is 1.71. The molecule has 2 atom stereocenters. The van der Waals surface area contributed by atoms with Crippen LogP contribution < -0.4 is 5.32 Å². The van der Waals surface area contributed by atoms with Crippen LogP contribution in [-0.4, -0.2) is 35.7 Å². The van der Waals surface area contributed by atoms with E-state index >= 15 is 0 Å². The number of aliphatic hydroxyl groups is 1. The minimum absolute atomic E-state index is 0.136. The highest BCUT2D eigenvalue weighted by Gasteiger charge is 2.38. The molecule has 1 aliphatic rings. The molecule has 5 heteroatoms. The predicted octanol–water partition coefficient (Wildman–Crippen LogP) is 3.47. The third-order valence-electron chi connectivity index (χ3n) is 5.03. The van der Waals surface area contributed by atoms with E-state index < -0.39 is 11.8 Å². The van der Waals surface area contributed by atoms with Gasteiger partial charge in [-0.15, -0.1) is 17.3 Å². The number of nitrogens with zero attached hydrogens (tertiary/aromatic N) is 1. The Balaban J connectivity index is 1.86. The number of fused-ring (bicyclic) bond motifs is 3. The molecule has 0 aliphatic carbocycles. The monoisotopic (exact) mass is 363 g/mol. The van der Waals surface area contributed by atoms with Crippen molar-refractivity contribution < 1.29 is 5.11 Å². The minimum atomic E-state index is -0.871. The van der Waals surface area contributed by atoms with E-state index in [2.05, 4.69) is 60.5 Å². The molecule has 132 valence electrons. The highest BCUT2D eigenvalue weighted by Crippen LogP contribution is 2.37. The van der Waals surface area contributed by atoms with Gasteiger partial charge in [0.1, 0.15) is 5.84 Å². The van der Waals surface area contributed by atoms with E-state index in [0.717, 1.165) is 11.1 Å². The molecule has 0 amide bonds. The zero-order valence-corrected chi connectivity index (χ0v) is 15.9. The molecule has 0 radical (unpaired) electrons. The van der Waals surface area contributed by atoms with Crippen molar-refractivity contribution in [2.24, 2.45) is 0 Å². The van der Waals surface area contributed by atoms with Gasteiger partial charge in [0.25, 0.3) is 0 Å². The molecule has 26 heavy (non-hydrogen) atoms. The van der Waals surface area contributed by atoms with Gasteiger partial charge in [-0.05, 0) is 56.8 Å². The van der Waals surface area contributed by atoms with Crippen LogP contribution in [0.1, 0.15) is 25.0 Å². The van der Waals surface area contributed by atoms with Crippen LogP contribution in [0.2, 0.25) is 0 Å². The second-order valence-corrected chi connectivity index (χ2v) is 8.14. The van der Waals surface area contributed by atoms with E-state index in [9.17, 15) is 5.11 Å². The van der Waals surface area contributed by atoms with Crippen LogP contribution in [-0.2, 0) is 5.54 Å². The Bertz CT molecular complexity index is 1090. The van der Waals surface area contributed by atoms with E-state index in [1.54, 1.807) is 16.2 Å². The Morgan fingerprint density at radius 2 is 1.92 bits per heavy atom. The third-order valence-corrected chi connectivity index (χ3v) is 6.18. The average Bonchev–Trinajstić information content (AvgIpc) is 2.97. The van der Waals surface area contributed by atoms with Gasteiger partial charge in [-0.2, -0.15) is 0 Å². The summed E-state index contributed by atoms with van der Waals surface area (Å²) in [6.45, 7) is 4.55. The van der Waals surface area contributed by atoms with Gasteiger partial charge in [0.2, 0.25) is 0 Å². The lowest BCUT2D eigenvalue weighted by atomic mass is 9.88. The summed E-state index contributed by atoms with van der Waals surface area (Å²) in [7, 11) is 1.84. The minimum Gasteiger partial charge on any atom is -0.371 e. The number of aliphatic hydroxyl groups excluding tert-OH is 1. The fourth-order valence-electron chi connectivity index (χ4n) is 3.71. The number of amidine groups is 1. The fraction of sp³-hybridized carbons (Fsp3) is 0.286. The van der Waals surface area contributed by atoms with Crippen molar-refractivity contribution in [3.63, 3.8) is 0 Å². The normalized spacial score (nSPS) is 23.7. The molecular formula is C21H21N3OS. The highest BCUT2D eigenvalue weighted by atomic mass is 32.1. The quantitative estimate of drug-likeness (QED) is 0.580. The van der Waals surface area contributed by atoms with Gasteiger partial charge < -0.3 is 10.4 Å². The van der Waals surface area contributed by atoms with Crippen LogP contribution in [0.5, 0.6) is 0 Å². The lowest BCUT2D eigenvalue weighted by Gasteiger charge is -2.43. The maximum absolute atomic E-state index is 10.0. The number of rotatable bonds is 1. The van der Waals surface area contributed by atoms with Crippen molar-refractivity contribution >= 4 is 37.3 Å². The molecule has 4 nitrogen and oxygen atoms in total. The first kappa shape index (κ1) is 17.0. The molecule has 3 aromatic rings. The van der Waals surface area contributed by atoms with E-state index in [4.69, 9.17) is 5.41 Å². The Kier molecular flexibility index (Phi) is 4.00. The molecule has 1 unspecified atom stereocenters. The summed E-state index contributed by atoms with van der Waals surface area (Å²) in [6, 6.07) is 12.8. The number of hydrogen-bond donors (Lipinski definition) is 3. The Hall–Kier alpha value is -2.39. The third kappa shape index (κ3) is 2.67. The van der Waals surface area contributed by atoms with Gasteiger partial charge in [0.15, 0.2) is 6.23 Å². The predicted molar refractivity (Wildman–Crippen MR) is 109 cm³/mol. The van der Waals surface area contributed by atoms with Crippen LogP contribution in [0, 0.1) is 17.3 Å². The van der Waals surface area contributed by atoms with Crippen molar-refractivity contribution in [1.82, 2.24) is 10.2 Å². The van der Waals surface area contributed by atoms with Crippen molar-refractivity contribution in [3.05, 3.63) is 47.5 Å². The number of nitrogens with one attached hydrogen (secondary N) is 2. The molecule has 1 aliphatic heterocycles. The van der Waals surface area contributed by atoms with E-state index in [1.165, 1.54) is 20.2 Å². The first-order valence-corrected chi connectivity index (χ1v) is 9.37. The molecule has 2 heterocycles. The number of benzene rings is 2. The van der Waals surface area contributed by atoms with Gasteiger partial charge in [-0.25, -0.2) is 0 Å². The summed E-state index contributed by atoms with van der Waals surface area (Å²) in [6.07, 6.45) is -0.871. The Morgan fingerprint density at radius 3 is 2.62 bits per heavy atom. The largest absolute Gasteiger partial charge is 0.371 e. The molecule has 0 spiro atoms. The van der Waals surface area contributed by atoms with E-state index in [0.29, 0.717) is 6.54 Å². The zero-order chi connectivity index (χ0) is 18.5. The van der Waals surface area contributed by atoms with Crippen LogP contribution in [0.15, 0.2) is 36.4 Å². The molecule has 0 saturated carbocycles. The van der Waals surface area contributed by atoms with Crippen LogP contribution in [0.25, 0.3) is 20.2 Å². The smallest absolute Gasteiger partial charge is 0.165 e. The second kappa shape index (κ2) is 6.10. The van der Waals surface area contributed by atoms with Crippen molar-refractivity contribution in [2.75, 3.05) is 13.6 Å². The second-order valence-electron chi connectivity index (χ2n) is 7.06. The molecule has 1 fully saturated rings. The lowest BCUT2D eigenvalue weighted by Crippen LogP contribution is -2.62. The maximum Gasteiger partial charge on any atom is 0.165 e. The van der Waals surface area contributed by atoms with E-state index in [-0.39, 0.29) is 5.84 Å². The molecule has 2 aromatic carbocycles. The fourth-order valence-corrected chi connectivity index (χ4v) is 4.78. The summed E-state index contributed by atoms with van der Waals surface area (Å²) in [5, 5.41) is 23.7. The maximum atomic E-state index is 10.0. The van der Waals surface area contributed by atoms with Gasteiger partial charge in [-0.1, -0.05) is 12.0 Å². The van der Waals surface area contributed by atoms with Crippen LogP contribution >= 0.6 is 11.3 Å². The molecule has 1 saturated heterocycles. The van der Waals surface area contributed by atoms with Crippen molar-refractivity contribution in [2.45, 2.75) is 25.6 Å². The first-order chi connectivity index (χ1) is 12.4. The standard InChI is InChI=1S/C21H21N3OS/c1-4-5-13-6-8-17-15(10-13)16-11-14(7-9-18(16)26-17)21(2)12-24(3)20(25)19(22)23-21/h6-11,20,25H,12H2,1-3H3,(H2,22,23)/t20-,21?/m1/s1. The van der Waals surface area contributed by atoms with Crippen molar-refractivity contribution in [3.8, 4) is 11.8 Å².